The highest BCUT2D eigenvalue weighted by molar-refractivity contribution is 7.88. The van der Waals surface area contributed by atoms with Crippen molar-refractivity contribution in [2.45, 2.75) is 6.54 Å². The van der Waals surface area contributed by atoms with E-state index in [1.165, 1.54) is 21.5 Å². The maximum atomic E-state index is 11.4. The number of piperazine rings is 1. The molecule has 8 heteroatoms. The van der Waals surface area contributed by atoms with Gasteiger partial charge in [-0.05, 0) is 6.07 Å². The van der Waals surface area contributed by atoms with E-state index in [0.29, 0.717) is 38.3 Å². The molecule has 1 aromatic carbocycles. The lowest BCUT2D eigenvalue weighted by atomic mass is 10.1. The molecule has 0 amide bonds. The monoisotopic (exact) mass is 300 g/mol. The average Bonchev–Trinajstić information content (AvgIpc) is 2.38. The molecule has 1 aliphatic rings. The molecule has 0 spiro atoms. The van der Waals surface area contributed by atoms with Gasteiger partial charge >= 0.3 is 0 Å². The molecule has 1 saturated heterocycles. The van der Waals surface area contributed by atoms with E-state index in [2.05, 4.69) is 0 Å². The van der Waals surface area contributed by atoms with Crippen LogP contribution in [0.25, 0.3) is 0 Å². The van der Waals surface area contributed by atoms with Crippen LogP contribution < -0.4 is 4.90 Å². The van der Waals surface area contributed by atoms with E-state index in [4.69, 9.17) is 0 Å². The summed E-state index contributed by atoms with van der Waals surface area (Å²) >= 11 is 0. The molecule has 0 radical (unpaired) electrons. The summed E-state index contributed by atoms with van der Waals surface area (Å²) in [5.74, 6) is 0. The first-order chi connectivity index (χ1) is 9.38. The molecule has 2 rings (SSSR count). The Morgan fingerprint density at radius 3 is 2.45 bits per heavy atom. The Labute approximate surface area is 118 Å². The van der Waals surface area contributed by atoms with Gasteiger partial charge < -0.3 is 4.90 Å². The predicted molar refractivity (Wildman–Crippen MR) is 73.9 cm³/mol. The van der Waals surface area contributed by atoms with Crippen LogP contribution in [0.2, 0.25) is 0 Å². The number of hydrogen-bond donors (Lipinski definition) is 1. The lowest BCUT2D eigenvalue weighted by Crippen LogP contribution is -3.13. The van der Waals surface area contributed by atoms with Crippen molar-refractivity contribution < 1.29 is 18.2 Å². The maximum absolute atomic E-state index is 11.4. The lowest BCUT2D eigenvalue weighted by Gasteiger charge is -2.30. The smallest absolute Gasteiger partial charge is 0.278 e. The molecule has 0 saturated carbocycles. The van der Waals surface area contributed by atoms with Crippen molar-refractivity contribution in [3.63, 3.8) is 0 Å². The van der Waals surface area contributed by atoms with E-state index < -0.39 is 10.0 Å². The molecule has 1 fully saturated rings. The van der Waals surface area contributed by atoms with Crippen molar-refractivity contribution in [2.75, 3.05) is 32.4 Å². The topological polar surface area (TPSA) is 85.0 Å². The van der Waals surface area contributed by atoms with E-state index in [1.54, 1.807) is 18.2 Å². The standard InChI is InChI=1S/C12H17N3O4S/c1-20(18,19)14-8-6-13(7-9-14)10-11-4-2-3-5-12(11)15(16)17/h2-5H,6-10H2,1H3/p+1. The second kappa shape index (κ2) is 5.86. The van der Waals surface area contributed by atoms with Crippen molar-refractivity contribution in [1.82, 2.24) is 4.31 Å². The molecule has 1 N–H and O–H groups in total. The van der Waals surface area contributed by atoms with E-state index in [9.17, 15) is 18.5 Å². The minimum absolute atomic E-state index is 0.130. The molecule has 7 nitrogen and oxygen atoms in total. The van der Waals surface area contributed by atoms with Gasteiger partial charge in [0.05, 0.1) is 42.9 Å². The van der Waals surface area contributed by atoms with Gasteiger partial charge in [-0.3, -0.25) is 10.1 Å². The number of para-hydroxylation sites is 1. The molecule has 0 aliphatic carbocycles. The summed E-state index contributed by atoms with van der Waals surface area (Å²) in [6, 6.07) is 6.70. The van der Waals surface area contributed by atoms with E-state index >= 15 is 0 Å². The summed E-state index contributed by atoms with van der Waals surface area (Å²) in [4.78, 5) is 11.7. The number of nitrogens with zero attached hydrogens (tertiary/aromatic N) is 2. The summed E-state index contributed by atoms with van der Waals surface area (Å²) < 4.78 is 24.3. The quantitative estimate of drug-likeness (QED) is 0.586. The van der Waals surface area contributed by atoms with Gasteiger partial charge in [0.1, 0.15) is 6.54 Å². The number of quaternary nitrogens is 1. The van der Waals surface area contributed by atoms with E-state index in [-0.39, 0.29) is 10.6 Å². The van der Waals surface area contributed by atoms with Crippen LogP contribution in [0.3, 0.4) is 0 Å². The Morgan fingerprint density at radius 1 is 1.30 bits per heavy atom. The Kier molecular flexibility index (Phi) is 4.36. The van der Waals surface area contributed by atoms with Crippen molar-refractivity contribution in [1.29, 1.82) is 0 Å². The lowest BCUT2D eigenvalue weighted by molar-refractivity contribution is -0.917. The van der Waals surface area contributed by atoms with Gasteiger partial charge in [-0.1, -0.05) is 12.1 Å². The largest absolute Gasteiger partial charge is 0.329 e. The van der Waals surface area contributed by atoms with Gasteiger partial charge in [-0.25, -0.2) is 8.42 Å². The van der Waals surface area contributed by atoms with E-state index in [1.807, 2.05) is 0 Å². The predicted octanol–water partition coefficient (Wildman–Crippen LogP) is -0.745. The van der Waals surface area contributed by atoms with Crippen LogP contribution in [0, 0.1) is 10.1 Å². The highest BCUT2D eigenvalue weighted by Crippen LogP contribution is 2.16. The highest BCUT2D eigenvalue weighted by atomic mass is 32.2. The fourth-order valence-electron chi connectivity index (χ4n) is 2.42. The summed E-state index contributed by atoms with van der Waals surface area (Å²) in [7, 11) is -3.13. The van der Waals surface area contributed by atoms with Crippen LogP contribution >= 0.6 is 0 Å². The fraction of sp³-hybridized carbons (Fsp3) is 0.500. The summed E-state index contributed by atoms with van der Waals surface area (Å²) in [6.45, 7) is 2.82. The third kappa shape index (κ3) is 3.53. The fourth-order valence-corrected chi connectivity index (χ4v) is 3.26. The van der Waals surface area contributed by atoms with Crippen LogP contribution in [0.1, 0.15) is 5.56 Å². The SMILES string of the molecule is CS(=O)(=O)N1CC[NH+](Cc2ccccc2[N+](=O)[O-])CC1. The summed E-state index contributed by atoms with van der Waals surface area (Å²) in [6.07, 6.45) is 1.21. The Balaban J connectivity index is 2.02. The average molecular weight is 300 g/mol. The Hall–Kier alpha value is -1.51. The van der Waals surface area contributed by atoms with Crippen molar-refractivity contribution in [3.05, 3.63) is 39.9 Å². The number of benzene rings is 1. The zero-order chi connectivity index (χ0) is 14.8. The second-order valence-electron chi connectivity index (χ2n) is 4.97. The molecule has 0 atom stereocenters. The normalized spacial score (nSPS) is 18.1. The zero-order valence-electron chi connectivity index (χ0n) is 11.3. The summed E-state index contributed by atoms with van der Waals surface area (Å²) in [5, 5.41) is 11.0. The number of hydrogen-bond acceptors (Lipinski definition) is 4. The first kappa shape index (κ1) is 14.9. The van der Waals surface area contributed by atoms with Gasteiger partial charge in [-0.2, -0.15) is 4.31 Å². The van der Waals surface area contributed by atoms with Gasteiger partial charge in [0.2, 0.25) is 10.0 Å². The molecule has 20 heavy (non-hydrogen) atoms. The van der Waals surface area contributed by atoms with Gasteiger partial charge in [0, 0.05) is 6.07 Å². The molecule has 1 aliphatic heterocycles. The molecule has 0 unspecified atom stereocenters. The number of nitro groups is 1. The molecule has 1 aromatic rings. The van der Waals surface area contributed by atoms with E-state index in [0.717, 1.165) is 0 Å². The first-order valence-electron chi connectivity index (χ1n) is 6.39. The van der Waals surface area contributed by atoms with Gasteiger partial charge in [-0.15, -0.1) is 0 Å². The molecule has 110 valence electrons. The number of nitrogens with one attached hydrogen (secondary N) is 1. The van der Waals surface area contributed by atoms with Crippen molar-refractivity contribution in [3.8, 4) is 0 Å². The highest BCUT2D eigenvalue weighted by Gasteiger charge is 2.27. The number of nitro benzene ring substituents is 1. The molecular weight excluding hydrogens is 282 g/mol. The van der Waals surface area contributed by atoms with Crippen molar-refractivity contribution >= 4 is 15.7 Å². The first-order valence-corrected chi connectivity index (χ1v) is 8.24. The van der Waals surface area contributed by atoms with Crippen LogP contribution in [0.4, 0.5) is 5.69 Å². The van der Waals surface area contributed by atoms with Crippen LogP contribution in [0.5, 0.6) is 0 Å². The molecular formula is C12H18N3O4S+. The second-order valence-corrected chi connectivity index (χ2v) is 6.96. The third-order valence-electron chi connectivity index (χ3n) is 3.53. The van der Waals surface area contributed by atoms with Crippen LogP contribution in [0.15, 0.2) is 24.3 Å². The molecule has 0 bridgehead atoms. The van der Waals surface area contributed by atoms with Crippen LogP contribution in [-0.4, -0.2) is 50.1 Å². The Bertz CT molecular complexity index is 594. The van der Waals surface area contributed by atoms with Gasteiger partial charge in [0.15, 0.2) is 0 Å². The minimum Gasteiger partial charge on any atom is -0.329 e. The van der Waals surface area contributed by atoms with Crippen LogP contribution in [-0.2, 0) is 16.6 Å². The Morgan fingerprint density at radius 2 is 1.90 bits per heavy atom. The third-order valence-corrected chi connectivity index (χ3v) is 4.83. The zero-order valence-corrected chi connectivity index (χ0v) is 12.1. The molecule has 1 heterocycles. The van der Waals surface area contributed by atoms with Gasteiger partial charge in [0.25, 0.3) is 5.69 Å². The molecule has 0 aromatic heterocycles. The maximum Gasteiger partial charge on any atom is 0.278 e. The minimum atomic E-state index is -3.13. The number of sulfonamides is 1. The summed E-state index contributed by atoms with van der Waals surface area (Å²) in [5.41, 5.74) is 0.825. The van der Waals surface area contributed by atoms with Crippen molar-refractivity contribution in [2.24, 2.45) is 0 Å². The number of rotatable bonds is 4.